The summed E-state index contributed by atoms with van der Waals surface area (Å²) >= 11 is 0. The molecule has 13 heteroatoms. The van der Waals surface area contributed by atoms with Gasteiger partial charge in [0.2, 0.25) is 11.8 Å². The number of nitrogens with one attached hydrogen (secondary N) is 4. The Bertz CT molecular complexity index is 1490. The molecule has 3 amide bonds. The van der Waals surface area contributed by atoms with Crippen molar-refractivity contribution >= 4 is 29.6 Å². The number of aryl methyl sites for hydroxylation is 1. The molecule has 0 saturated carbocycles. The third-order valence-electron chi connectivity index (χ3n) is 8.37. The van der Waals surface area contributed by atoms with E-state index in [1.165, 1.54) is 4.58 Å². The van der Waals surface area contributed by atoms with E-state index >= 15 is 0 Å². The number of aliphatic hydroxyl groups is 2. The molecule has 2 fully saturated rings. The molecule has 10 N–H and O–H groups in total. The van der Waals surface area contributed by atoms with E-state index in [4.69, 9.17) is 11.5 Å². The Kier molecular flexibility index (Phi) is 5.82. The quantitative estimate of drug-likeness (QED) is 0.104. The Hall–Kier alpha value is -4.49. The van der Waals surface area contributed by atoms with Crippen LogP contribution in [0.25, 0.3) is 11.1 Å². The van der Waals surface area contributed by atoms with Crippen LogP contribution >= 0.6 is 0 Å². The summed E-state index contributed by atoms with van der Waals surface area (Å²) in [6.45, 7) is 1.86. The Morgan fingerprint density at radius 3 is 2.60 bits per heavy atom. The van der Waals surface area contributed by atoms with Gasteiger partial charge in [-0.25, -0.2) is 9.89 Å². The van der Waals surface area contributed by atoms with Crippen LogP contribution < -0.4 is 32.4 Å². The number of nitrogens with two attached hydrogens (primary N) is 2. The Labute approximate surface area is 229 Å². The topological polar surface area (TPSA) is 200 Å². The largest absolute Gasteiger partial charge is 0.358 e. The Balaban J connectivity index is 1.29. The maximum absolute atomic E-state index is 13.4. The van der Waals surface area contributed by atoms with E-state index in [-0.39, 0.29) is 49.7 Å². The maximum atomic E-state index is 13.4. The lowest BCUT2D eigenvalue weighted by molar-refractivity contribution is -0.674. The lowest BCUT2D eigenvalue weighted by Crippen LogP contribution is -2.92. The number of benzene rings is 2. The molecule has 1 unspecified atom stereocenters. The summed E-state index contributed by atoms with van der Waals surface area (Å²) in [5.74, 6) is -3.57. The van der Waals surface area contributed by atoms with Gasteiger partial charge in [0.25, 0.3) is 17.4 Å². The van der Waals surface area contributed by atoms with Crippen LogP contribution in [0.3, 0.4) is 0 Å². The van der Waals surface area contributed by atoms with Crippen molar-refractivity contribution in [3.8, 4) is 11.1 Å². The molecule has 4 heterocycles. The first-order valence-corrected chi connectivity index (χ1v) is 13.1. The van der Waals surface area contributed by atoms with Crippen molar-refractivity contribution < 1.29 is 34.2 Å². The van der Waals surface area contributed by atoms with Gasteiger partial charge in [-0.3, -0.25) is 41.1 Å². The molecule has 6 rings (SSSR count). The summed E-state index contributed by atoms with van der Waals surface area (Å²) in [5.41, 5.74) is 14.0. The fourth-order valence-corrected chi connectivity index (χ4v) is 6.38. The van der Waals surface area contributed by atoms with E-state index in [1.54, 1.807) is 18.2 Å². The Morgan fingerprint density at radius 1 is 1.15 bits per heavy atom. The number of imide groups is 1. The van der Waals surface area contributed by atoms with Crippen LogP contribution in [0.15, 0.2) is 48.5 Å². The highest BCUT2D eigenvalue weighted by Crippen LogP contribution is 2.38. The van der Waals surface area contributed by atoms with E-state index in [2.05, 4.69) is 20.9 Å². The molecule has 0 aliphatic carbocycles. The lowest BCUT2D eigenvalue weighted by Gasteiger charge is -2.41. The van der Waals surface area contributed by atoms with Gasteiger partial charge in [-0.15, -0.1) is 0 Å². The third kappa shape index (κ3) is 3.72. The first-order valence-electron chi connectivity index (χ1n) is 13.1. The van der Waals surface area contributed by atoms with Crippen LogP contribution in [0.2, 0.25) is 0 Å². The molecule has 1 spiro atoms. The van der Waals surface area contributed by atoms with Gasteiger partial charge in [0.1, 0.15) is 12.1 Å². The molecule has 2 aromatic carbocycles. The van der Waals surface area contributed by atoms with Crippen LogP contribution in [0, 0.1) is 6.92 Å². The summed E-state index contributed by atoms with van der Waals surface area (Å²) < 4.78 is 1.50. The predicted octanol–water partition coefficient (Wildman–Crippen LogP) is -4.03. The van der Waals surface area contributed by atoms with Crippen molar-refractivity contribution in [3.05, 3.63) is 59.7 Å². The van der Waals surface area contributed by atoms with Crippen molar-refractivity contribution in [1.82, 2.24) is 20.9 Å². The van der Waals surface area contributed by atoms with E-state index < -0.39 is 35.5 Å². The van der Waals surface area contributed by atoms with Crippen molar-refractivity contribution in [1.29, 1.82) is 0 Å². The van der Waals surface area contributed by atoms with Gasteiger partial charge in [-0.05, 0) is 35.7 Å². The molecule has 0 aromatic heterocycles. The van der Waals surface area contributed by atoms with Gasteiger partial charge in [-0.1, -0.05) is 36.4 Å². The van der Waals surface area contributed by atoms with E-state index in [0.717, 1.165) is 21.6 Å². The van der Waals surface area contributed by atoms with Gasteiger partial charge >= 0.3 is 11.9 Å². The smallest absolute Gasteiger partial charge is 0.347 e. The summed E-state index contributed by atoms with van der Waals surface area (Å²) in [6.07, 6.45) is 0.241. The molecular formula is C27H32N8O5+2. The third-order valence-corrected chi connectivity index (χ3v) is 8.37. The van der Waals surface area contributed by atoms with E-state index in [1.807, 2.05) is 37.3 Å². The first-order chi connectivity index (χ1) is 19.0. The second-order valence-electron chi connectivity index (χ2n) is 10.7. The van der Waals surface area contributed by atoms with Crippen LogP contribution in [0.1, 0.15) is 28.8 Å². The van der Waals surface area contributed by atoms with Crippen LogP contribution in [0.5, 0.6) is 0 Å². The highest BCUT2D eigenvalue weighted by Gasteiger charge is 2.78. The minimum atomic E-state index is -2.58. The highest BCUT2D eigenvalue weighted by molar-refractivity contribution is 6.02. The normalized spacial score (nSPS) is 28.5. The molecule has 4 aliphatic heterocycles. The van der Waals surface area contributed by atoms with Crippen molar-refractivity contribution in [2.75, 3.05) is 13.1 Å². The number of carbonyl (C=O) groups excluding carboxylic acids is 3. The standard InChI is InChI=1S/C27H30N8O5/c1-14-5-2-3-8-17(14)15-6-4-7-16(11-15)23(38)31-19-13-35-25(29)30-18(12-34-20(36)9-10-21(34)37)22-26(35,27(19,39)40)33-24(28)32-22/h2-8,11,18-19,22,39-40H,9-10,12-13H2,1H3,(H6,28,29,30,31,32,33,38)/p+2/t18-,19?,22-,26-/m0/s1. The minimum absolute atomic E-state index is 0.0562. The number of hydrogen-bond donors (Lipinski definition) is 8. The van der Waals surface area contributed by atoms with E-state index in [9.17, 15) is 24.6 Å². The second kappa shape index (κ2) is 9.03. The number of guanidine groups is 2. The molecule has 2 aromatic rings. The van der Waals surface area contributed by atoms with Crippen molar-refractivity contribution in [3.63, 3.8) is 0 Å². The molecule has 13 nitrogen and oxygen atoms in total. The van der Waals surface area contributed by atoms with Crippen molar-refractivity contribution in [2.45, 2.75) is 49.3 Å². The number of amides is 3. The number of hydrogen-bond acceptors (Lipinski definition) is 9. The highest BCUT2D eigenvalue weighted by atomic mass is 16.5. The van der Waals surface area contributed by atoms with Crippen LogP contribution in [-0.4, -0.2) is 92.0 Å². The SMILES string of the molecule is Cc1ccccc1-c1cccc(C(=O)NC2C[N+]3=C(N)N[C@@H](CN4C(=O)CCC4=O)[C@@H]4[NH+]=C(N)N[C@@]43C2(O)O)c1. The van der Waals surface area contributed by atoms with Crippen LogP contribution in [-0.2, 0) is 9.59 Å². The number of rotatable bonds is 5. The minimum Gasteiger partial charge on any atom is -0.358 e. The zero-order valence-electron chi connectivity index (χ0n) is 21.8. The molecular weight excluding hydrogens is 516 g/mol. The van der Waals surface area contributed by atoms with Gasteiger partial charge in [0, 0.05) is 18.4 Å². The van der Waals surface area contributed by atoms with Gasteiger partial charge in [0.05, 0.1) is 13.1 Å². The molecule has 4 aliphatic rings. The molecule has 4 atom stereocenters. The lowest BCUT2D eigenvalue weighted by atomic mass is 9.85. The van der Waals surface area contributed by atoms with Crippen LogP contribution in [0.4, 0.5) is 0 Å². The number of likely N-dealkylation sites (tertiary alicyclic amines) is 1. The second-order valence-corrected chi connectivity index (χ2v) is 10.7. The number of nitrogens with zero attached hydrogens (tertiary/aromatic N) is 2. The predicted molar refractivity (Wildman–Crippen MR) is 142 cm³/mol. The molecule has 0 bridgehead atoms. The van der Waals surface area contributed by atoms with Gasteiger partial charge in [-0.2, -0.15) is 0 Å². The molecule has 208 valence electrons. The molecule has 40 heavy (non-hydrogen) atoms. The summed E-state index contributed by atoms with van der Waals surface area (Å²) in [5, 5.41) is 32.1. The average molecular weight is 549 g/mol. The monoisotopic (exact) mass is 548 g/mol. The summed E-state index contributed by atoms with van der Waals surface area (Å²) in [4.78, 5) is 42.2. The van der Waals surface area contributed by atoms with Gasteiger partial charge < -0.3 is 15.5 Å². The Morgan fingerprint density at radius 2 is 1.88 bits per heavy atom. The maximum Gasteiger partial charge on any atom is 0.347 e. The number of carbonyl (C=O) groups is 3. The average Bonchev–Trinajstić information content (AvgIpc) is 3.52. The summed E-state index contributed by atoms with van der Waals surface area (Å²) in [6, 6.07) is 12.2. The summed E-state index contributed by atoms with van der Waals surface area (Å²) in [7, 11) is 0. The van der Waals surface area contributed by atoms with Crippen molar-refractivity contribution in [2.24, 2.45) is 11.5 Å². The zero-order chi connectivity index (χ0) is 28.4. The zero-order valence-corrected chi connectivity index (χ0v) is 21.8. The molecule has 2 saturated heterocycles. The first kappa shape index (κ1) is 25.8. The van der Waals surface area contributed by atoms with E-state index in [0.29, 0.717) is 5.56 Å². The molecule has 0 radical (unpaired) electrons. The fraction of sp³-hybridized carbons (Fsp3) is 0.370. The fourth-order valence-electron chi connectivity index (χ4n) is 6.38. The van der Waals surface area contributed by atoms with Gasteiger partial charge in [0.15, 0.2) is 6.04 Å².